The molecular formula is C19H18BrNO2S2. The van der Waals surface area contributed by atoms with E-state index in [1.807, 2.05) is 60.7 Å². The maximum Gasteiger partial charge on any atom is 0.252 e. The van der Waals surface area contributed by atoms with Crippen LogP contribution in [0.25, 0.3) is 0 Å². The van der Waals surface area contributed by atoms with Gasteiger partial charge in [-0.05, 0) is 45.6 Å². The molecule has 1 heterocycles. The van der Waals surface area contributed by atoms with E-state index in [2.05, 4.69) is 15.9 Å². The van der Waals surface area contributed by atoms with Crippen LogP contribution in [0.15, 0.2) is 80.8 Å². The second-order valence-corrected chi connectivity index (χ2v) is 10.2. The van der Waals surface area contributed by atoms with E-state index in [0.717, 1.165) is 14.9 Å². The van der Waals surface area contributed by atoms with E-state index in [9.17, 15) is 8.42 Å². The fraction of sp³-hybridized carbons (Fsp3) is 0.158. The maximum absolute atomic E-state index is 13.1. The average Bonchev–Trinajstić information content (AvgIpc) is 3.07. The topological polar surface area (TPSA) is 37.4 Å². The third-order valence-corrected chi connectivity index (χ3v) is 7.77. The van der Waals surface area contributed by atoms with Crippen LogP contribution in [0.3, 0.4) is 0 Å². The smallest absolute Gasteiger partial charge is 0.206 e. The predicted octanol–water partition coefficient (Wildman–Crippen LogP) is 4.94. The average molecular weight is 436 g/mol. The van der Waals surface area contributed by atoms with Gasteiger partial charge in [0.15, 0.2) is 0 Å². The minimum atomic E-state index is -3.53. The Morgan fingerprint density at radius 1 is 0.840 bits per heavy atom. The summed E-state index contributed by atoms with van der Waals surface area (Å²) in [6.45, 7) is 0.808. The molecule has 0 aliphatic rings. The summed E-state index contributed by atoms with van der Waals surface area (Å²) in [6, 6.07) is 23.1. The number of hydrogen-bond donors (Lipinski definition) is 0. The number of nitrogens with zero attached hydrogens (tertiary/aromatic N) is 1. The standard InChI is InChI=1S/C19H18BrNO2S2/c20-18-11-12-19(24-18)25(22,23)21(15-17-9-5-2-6-10-17)14-13-16-7-3-1-4-8-16/h1-12H,13-15H2. The van der Waals surface area contributed by atoms with Crippen LogP contribution in [0.4, 0.5) is 0 Å². The Bertz CT molecular complexity index is 909. The van der Waals surface area contributed by atoms with Gasteiger partial charge in [-0.25, -0.2) is 8.42 Å². The quantitative estimate of drug-likeness (QED) is 0.526. The molecule has 130 valence electrons. The molecule has 3 nitrogen and oxygen atoms in total. The first-order valence-electron chi connectivity index (χ1n) is 7.89. The van der Waals surface area contributed by atoms with Crippen molar-refractivity contribution >= 4 is 37.3 Å². The highest BCUT2D eigenvalue weighted by Crippen LogP contribution is 2.29. The van der Waals surface area contributed by atoms with Crippen molar-refractivity contribution < 1.29 is 8.42 Å². The molecule has 25 heavy (non-hydrogen) atoms. The van der Waals surface area contributed by atoms with Gasteiger partial charge in [-0.2, -0.15) is 4.31 Å². The summed E-state index contributed by atoms with van der Waals surface area (Å²) >= 11 is 4.59. The van der Waals surface area contributed by atoms with Crippen molar-refractivity contribution in [2.45, 2.75) is 17.2 Å². The van der Waals surface area contributed by atoms with Crippen LogP contribution in [0.2, 0.25) is 0 Å². The summed E-state index contributed by atoms with van der Waals surface area (Å²) in [5, 5.41) is 0. The van der Waals surface area contributed by atoms with Gasteiger partial charge in [0, 0.05) is 13.1 Å². The van der Waals surface area contributed by atoms with Gasteiger partial charge >= 0.3 is 0 Å². The number of halogens is 1. The molecule has 0 aliphatic carbocycles. The van der Waals surface area contributed by atoms with E-state index in [-0.39, 0.29) is 0 Å². The van der Waals surface area contributed by atoms with Crippen molar-refractivity contribution in [2.24, 2.45) is 0 Å². The Kier molecular flexibility index (Phi) is 6.06. The molecule has 0 bridgehead atoms. The third-order valence-electron chi connectivity index (χ3n) is 3.84. The lowest BCUT2D eigenvalue weighted by Crippen LogP contribution is -2.32. The van der Waals surface area contributed by atoms with Crippen molar-refractivity contribution in [1.82, 2.24) is 4.31 Å². The van der Waals surface area contributed by atoms with Gasteiger partial charge in [0.2, 0.25) is 0 Å². The van der Waals surface area contributed by atoms with E-state index >= 15 is 0 Å². The highest BCUT2D eigenvalue weighted by Gasteiger charge is 2.26. The highest BCUT2D eigenvalue weighted by molar-refractivity contribution is 9.11. The summed E-state index contributed by atoms with van der Waals surface area (Å²) in [5.41, 5.74) is 2.11. The fourth-order valence-corrected chi connectivity index (χ4v) is 6.13. The maximum atomic E-state index is 13.1. The van der Waals surface area contributed by atoms with Crippen LogP contribution < -0.4 is 0 Å². The molecule has 1 aromatic heterocycles. The molecule has 0 N–H and O–H groups in total. The molecule has 0 aliphatic heterocycles. The summed E-state index contributed by atoms with van der Waals surface area (Å²) in [4.78, 5) is 0. The van der Waals surface area contributed by atoms with Crippen molar-refractivity contribution in [1.29, 1.82) is 0 Å². The highest BCUT2D eigenvalue weighted by atomic mass is 79.9. The molecule has 0 saturated heterocycles. The van der Waals surface area contributed by atoms with Crippen molar-refractivity contribution in [3.05, 3.63) is 87.7 Å². The van der Waals surface area contributed by atoms with E-state index in [4.69, 9.17) is 0 Å². The summed E-state index contributed by atoms with van der Waals surface area (Å²) < 4.78 is 28.9. The third kappa shape index (κ3) is 4.79. The Morgan fingerprint density at radius 2 is 1.44 bits per heavy atom. The minimum Gasteiger partial charge on any atom is -0.206 e. The van der Waals surface area contributed by atoms with Gasteiger partial charge in [-0.1, -0.05) is 60.7 Å². The second-order valence-electron chi connectivity index (χ2n) is 5.62. The molecule has 0 fully saturated rings. The summed E-state index contributed by atoms with van der Waals surface area (Å²) in [6.07, 6.45) is 0.680. The van der Waals surface area contributed by atoms with Crippen molar-refractivity contribution in [3.63, 3.8) is 0 Å². The lowest BCUT2D eigenvalue weighted by molar-refractivity contribution is 0.411. The van der Waals surface area contributed by atoms with E-state index in [1.54, 1.807) is 16.4 Å². The first-order valence-corrected chi connectivity index (χ1v) is 10.9. The molecule has 0 saturated carbocycles. The first-order chi connectivity index (χ1) is 12.1. The molecular weight excluding hydrogens is 418 g/mol. The lowest BCUT2D eigenvalue weighted by atomic mass is 10.1. The molecule has 0 atom stereocenters. The van der Waals surface area contributed by atoms with Gasteiger partial charge in [-0.15, -0.1) is 11.3 Å². The summed E-state index contributed by atoms with van der Waals surface area (Å²) in [5.74, 6) is 0. The van der Waals surface area contributed by atoms with Gasteiger partial charge in [-0.3, -0.25) is 0 Å². The van der Waals surface area contributed by atoms with Crippen LogP contribution in [-0.4, -0.2) is 19.3 Å². The SMILES string of the molecule is O=S(=O)(c1ccc(Br)s1)N(CCc1ccccc1)Cc1ccccc1. The molecule has 0 amide bonds. The monoisotopic (exact) mass is 435 g/mol. The predicted molar refractivity (Wildman–Crippen MR) is 106 cm³/mol. The van der Waals surface area contributed by atoms with Crippen LogP contribution in [0.1, 0.15) is 11.1 Å². The normalized spacial score (nSPS) is 11.8. The van der Waals surface area contributed by atoms with Crippen molar-refractivity contribution in [2.75, 3.05) is 6.54 Å². The molecule has 3 aromatic rings. The van der Waals surface area contributed by atoms with E-state index in [1.165, 1.54) is 11.3 Å². The molecule has 0 unspecified atom stereocenters. The number of sulfonamides is 1. The number of rotatable bonds is 7. The van der Waals surface area contributed by atoms with Crippen LogP contribution in [0, 0.1) is 0 Å². The summed E-state index contributed by atoms with van der Waals surface area (Å²) in [7, 11) is -3.53. The molecule has 6 heteroatoms. The molecule has 2 aromatic carbocycles. The van der Waals surface area contributed by atoms with Gasteiger partial charge < -0.3 is 0 Å². The fourth-order valence-electron chi connectivity index (χ4n) is 2.53. The lowest BCUT2D eigenvalue weighted by Gasteiger charge is -2.21. The Morgan fingerprint density at radius 3 is 2.00 bits per heavy atom. The number of thiophene rings is 1. The largest absolute Gasteiger partial charge is 0.252 e. The van der Waals surface area contributed by atoms with Gasteiger partial charge in [0.1, 0.15) is 4.21 Å². The zero-order chi connectivity index (χ0) is 17.7. The molecule has 3 rings (SSSR count). The second kappa shape index (κ2) is 8.27. The number of hydrogen-bond acceptors (Lipinski definition) is 3. The zero-order valence-corrected chi connectivity index (χ0v) is 16.7. The molecule has 0 spiro atoms. The van der Waals surface area contributed by atoms with Crippen LogP contribution >= 0.6 is 27.3 Å². The van der Waals surface area contributed by atoms with Gasteiger partial charge in [0.25, 0.3) is 10.0 Å². The van der Waals surface area contributed by atoms with Crippen molar-refractivity contribution in [3.8, 4) is 0 Å². The van der Waals surface area contributed by atoms with Crippen LogP contribution in [-0.2, 0) is 23.0 Å². The Labute approximate surface area is 161 Å². The Balaban J connectivity index is 1.85. The minimum absolute atomic E-state index is 0.364. The Hall–Kier alpha value is -1.47. The van der Waals surface area contributed by atoms with Gasteiger partial charge in [0.05, 0.1) is 3.79 Å². The molecule has 0 radical (unpaired) electrons. The zero-order valence-electron chi connectivity index (χ0n) is 13.5. The first kappa shape index (κ1) is 18.3. The van der Waals surface area contributed by atoms with E-state index in [0.29, 0.717) is 23.7 Å². The van der Waals surface area contributed by atoms with Crippen LogP contribution in [0.5, 0.6) is 0 Å². The van der Waals surface area contributed by atoms with E-state index < -0.39 is 10.0 Å². The number of benzene rings is 2.